The number of aliphatic hydroxyl groups is 2. The quantitative estimate of drug-likeness (QED) is 0.571. The van der Waals surface area contributed by atoms with Crippen LogP contribution in [0.4, 0.5) is 0 Å². The first kappa shape index (κ1) is 19.3. The van der Waals surface area contributed by atoms with Crippen LogP contribution in [0, 0.1) is 17.3 Å². The molecule has 1 aromatic carbocycles. The molecule has 2 atom stereocenters. The number of rotatable bonds is 8. The molecule has 126 valence electrons. The van der Waals surface area contributed by atoms with Crippen LogP contribution in [0.25, 0.3) is 0 Å². The van der Waals surface area contributed by atoms with Gasteiger partial charge in [0.1, 0.15) is 5.75 Å². The van der Waals surface area contributed by atoms with Gasteiger partial charge >= 0.3 is 0 Å². The van der Waals surface area contributed by atoms with E-state index < -0.39 is 17.6 Å². The maximum Gasteiger partial charge on any atom is 0.118 e. The number of hydrogen-bond donors (Lipinski definition) is 2. The van der Waals surface area contributed by atoms with Gasteiger partial charge in [0.15, 0.2) is 0 Å². The highest BCUT2D eigenvalue weighted by Crippen LogP contribution is 2.29. The molecule has 1 aromatic rings. The highest BCUT2D eigenvalue weighted by molar-refractivity contribution is 5.27. The third kappa shape index (κ3) is 6.09. The molecule has 23 heavy (non-hydrogen) atoms. The van der Waals surface area contributed by atoms with Gasteiger partial charge in [-0.2, -0.15) is 0 Å². The second-order valence-corrected chi connectivity index (χ2v) is 6.28. The first-order chi connectivity index (χ1) is 10.9. The number of hydrogen-bond acceptors (Lipinski definition) is 3. The Morgan fingerprint density at radius 1 is 1.17 bits per heavy atom. The maximum absolute atomic E-state index is 10.2. The van der Waals surface area contributed by atoms with E-state index in [1.807, 2.05) is 38.1 Å². The van der Waals surface area contributed by atoms with Gasteiger partial charge in [-0.3, -0.25) is 0 Å². The fraction of sp³-hybridized carbons (Fsp3) is 0.500. The number of aliphatic hydroxyl groups excluding tert-OH is 2. The lowest BCUT2D eigenvalue weighted by molar-refractivity contribution is -0.0428. The van der Waals surface area contributed by atoms with Crippen LogP contribution < -0.4 is 4.74 Å². The van der Waals surface area contributed by atoms with Gasteiger partial charge in [-0.05, 0) is 30.5 Å². The van der Waals surface area contributed by atoms with Crippen LogP contribution in [-0.2, 0) is 6.42 Å². The SMILES string of the molecule is C=CC[C@@H](O)C(C)(C)[C@H](O)CC#CCCc1ccc(OC)cc1. The van der Waals surface area contributed by atoms with Crippen molar-refractivity contribution in [2.75, 3.05) is 7.11 Å². The Kier molecular flexibility index (Phi) is 7.88. The molecule has 3 nitrogen and oxygen atoms in total. The summed E-state index contributed by atoms with van der Waals surface area (Å²) in [5.74, 6) is 6.96. The zero-order valence-electron chi connectivity index (χ0n) is 14.4. The Morgan fingerprint density at radius 3 is 2.39 bits per heavy atom. The summed E-state index contributed by atoms with van der Waals surface area (Å²) in [5.41, 5.74) is 0.612. The molecule has 0 aliphatic heterocycles. The van der Waals surface area contributed by atoms with Gasteiger partial charge in [-0.25, -0.2) is 0 Å². The van der Waals surface area contributed by atoms with E-state index in [2.05, 4.69) is 18.4 Å². The molecule has 0 bridgehead atoms. The van der Waals surface area contributed by atoms with Crippen molar-refractivity contribution in [2.45, 2.75) is 51.7 Å². The van der Waals surface area contributed by atoms with Crippen LogP contribution in [0.2, 0.25) is 0 Å². The predicted octanol–water partition coefficient (Wildman–Crippen LogP) is 3.35. The zero-order valence-corrected chi connectivity index (χ0v) is 14.4. The molecule has 3 heteroatoms. The van der Waals surface area contributed by atoms with E-state index >= 15 is 0 Å². The molecule has 0 unspecified atom stereocenters. The Hall–Kier alpha value is -1.76. The Labute approximate surface area is 140 Å². The average Bonchev–Trinajstić information content (AvgIpc) is 2.55. The molecule has 0 heterocycles. The molecular formula is C20H28O3. The van der Waals surface area contributed by atoms with Gasteiger partial charge in [0.2, 0.25) is 0 Å². The lowest BCUT2D eigenvalue weighted by Gasteiger charge is -2.34. The van der Waals surface area contributed by atoms with E-state index in [1.165, 1.54) is 5.56 Å². The summed E-state index contributed by atoms with van der Waals surface area (Å²) in [5, 5.41) is 20.3. The van der Waals surface area contributed by atoms with Gasteiger partial charge in [0.05, 0.1) is 19.3 Å². The van der Waals surface area contributed by atoms with E-state index in [0.29, 0.717) is 12.8 Å². The normalized spacial score (nSPS) is 13.6. The number of aryl methyl sites for hydroxylation is 1. The second kappa shape index (κ2) is 9.39. The van der Waals surface area contributed by atoms with Gasteiger partial charge in [-0.15, -0.1) is 18.4 Å². The first-order valence-electron chi connectivity index (χ1n) is 7.97. The maximum atomic E-state index is 10.2. The molecule has 0 aliphatic rings. The molecule has 0 amide bonds. The zero-order chi connectivity index (χ0) is 17.3. The topological polar surface area (TPSA) is 49.7 Å². The highest BCUT2D eigenvalue weighted by Gasteiger charge is 2.34. The Bertz CT molecular complexity index is 534. The summed E-state index contributed by atoms with van der Waals surface area (Å²) in [4.78, 5) is 0. The molecule has 0 saturated carbocycles. The minimum atomic E-state index is -0.661. The third-order valence-electron chi connectivity index (χ3n) is 4.23. The first-order valence-corrected chi connectivity index (χ1v) is 7.97. The van der Waals surface area contributed by atoms with Crippen LogP contribution in [0.3, 0.4) is 0 Å². The van der Waals surface area contributed by atoms with Crippen LogP contribution in [0.1, 0.15) is 38.7 Å². The fourth-order valence-electron chi connectivity index (χ4n) is 2.20. The summed E-state index contributed by atoms with van der Waals surface area (Å²) in [6.45, 7) is 7.33. The van der Waals surface area contributed by atoms with Crippen molar-refractivity contribution in [3.8, 4) is 17.6 Å². The number of benzene rings is 1. The summed E-state index contributed by atoms with van der Waals surface area (Å²) < 4.78 is 5.12. The molecule has 0 aromatic heterocycles. The van der Waals surface area contributed by atoms with Crippen LogP contribution in [0.15, 0.2) is 36.9 Å². The summed E-state index contributed by atoms with van der Waals surface area (Å²) in [6.07, 6.45) is 2.84. The molecule has 0 fully saturated rings. The van der Waals surface area contributed by atoms with Gasteiger partial charge in [0.25, 0.3) is 0 Å². The standard InChI is InChI=1S/C20H28O3/c1-5-9-18(21)20(2,3)19(22)11-8-6-7-10-16-12-14-17(23-4)15-13-16/h5,12-15,18-19,21-22H,1,7,9-11H2,2-4H3/t18-,19-/m1/s1. The number of ether oxygens (including phenoxy) is 1. The Balaban J connectivity index is 2.43. The largest absolute Gasteiger partial charge is 0.497 e. The van der Waals surface area contributed by atoms with Crippen molar-refractivity contribution < 1.29 is 14.9 Å². The molecule has 0 aliphatic carbocycles. The summed E-state index contributed by atoms with van der Waals surface area (Å²) >= 11 is 0. The number of methoxy groups -OCH3 is 1. The second-order valence-electron chi connectivity index (χ2n) is 6.28. The minimum Gasteiger partial charge on any atom is -0.497 e. The third-order valence-corrected chi connectivity index (χ3v) is 4.23. The molecule has 2 N–H and O–H groups in total. The molecular weight excluding hydrogens is 288 g/mol. The van der Waals surface area contributed by atoms with E-state index in [0.717, 1.165) is 18.6 Å². The molecule has 1 rings (SSSR count). The minimum absolute atomic E-state index is 0.365. The van der Waals surface area contributed by atoms with Crippen LogP contribution in [0.5, 0.6) is 5.75 Å². The average molecular weight is 316 g/mol. The smallest absolute Gasteiger partial charge is 0.118 e. The summed E-state index contributed by atoms with van der Waals surface area (Å²) in [6, 6.07) is 7.94. The van der Waals surface area contributed by atoms with Crippen molar-refractivity contribution in [1.82, 2.24) is 0 Å². The molecule has 0 radical (unpaired) electrons. The van der Waals surface area contributed by atoms with Gasteiger partial charge < -0.3 is 14.9 Å². The highest BCUT2D eigenvalue weighted by atomic mass is 16.5. The van der Waals surface area contributed by atoms with Gasteiger partial charge in [0, 0.05) is 18.3 Å². The van der Waals surface area contributed by atoms with Crippen LogP contribution in [-0.4, -0.2) is 29.5 Å². The van der Waals surface area contributed by atoms with Crippen molar-refractivity contribution in [3.63, 3.8) is 0 Å². The monoisotopic (exact) mass is 316 g/mol. The fourth-order valence-corrected chi connectivity index (χ4v) is 2.20. The van der Waals surface area contributed by atoms with E-state index in [4.69, 9.17) is 4.74 Å². The molecule has 0 spiro atoms. The van der Waals surface area contributed by atoms with Crippen molar-refractivity contribution in [2.24, 2.45) is 5.41 Å². The molecule has 0 saturated heterocycles. The van der Waals surface area contributed by atoms with E-state index in [9.17, 15) is 10.2 Å². The lowest BCUT2D eigenvalue weighted by Crippen LogP contribution is -2.40. The van der Waals surface area contributed by atoms with Crippen molar-refractivity contribution >= 4 is 0 Å². The van der Waals surface area contributed by atoms with Crippen molar-refractivity contribution in [3.05, 3.63) is 42.5 Å². The lowest BCUT2D eigenvalue weighted by atomic mass is 9.78. The Morgan fingerprint density at radius 2 is 1.83 bits per heavy atom. The van der Waals surface area contributed by atoms with Gasteiger partial charge in [-0.1, -0.05) is 32.1 Å². The van der Waals surface area contributed by atoms with Crippen LogP contribution >= 0.6 is 0 Å². The van der Waals surface area contributed by atoms with Crippen molar-refractivity contribution in [1.29, 1.82) is 0 Å². The summed E-state index contributed by atoms with van der Waals surface area (Å²) in [7, 11) is 1.65. The predicted molar refractivity (Wildman–Crippen MR) is 94.3 cm³/mol. The van der Waals surface area contributed by atoms with E-state index in [1.54, 1.807) is 13.2 Å². The van der Waals surface area contributed by atoms with E-state index in [-0.39, 0.29) is 0 Å².